The van der Waals surface area contributed by atoms with Crippen molar-refractivity contribution in [2.24, 2.45) is 4.99 Å². The fraction of sp³-hybridized carbons (Fsp3) is 0.0588. The molecule has 0 bridgehead atoms. The third-order valence-corrected chi connectivity index (χ3v) is 4.63. The molecule has 1 aliphatic rings. The highest BCUT2D eigenvalue weighted by molar-refractivity contribution is 8.18. The van der Waals surface area contributed by atoms with E-state index in [0.717, 1.165) is 11.8 Å². The number of phenols is 1. The lowest BCUT2D eigenvalue weighted by molar-refractivity contribution is -0.115. The maximum absolute atomic E-state index is 12.1. The summed E-state index contributed by atoms with van der Waals surface area (Å²) in [5, 5.41) is 14.2. The summed E-state index contributed by atoms with van der Waals surface area (Å²) in [6, 6.07) is 10.0. The summed E-state index contributed by atoms with van der Waals surface area (Å²) in [6.45, 7) is 0. The maximum Gasteiger partial charge on any atom is 0.264 e. The SMILES string of the molecule is COc1cc(Cl)cc(/C=C2\SC(=Nc3cccc(Cl)c3)NC2=O)c1O. The second-order valence-corrected chi connectivity index (χ2v) is 6.91. The summed E-state index contributed by atoms with van der Waals surface area (Å²) in [7, 11) is 1.43. The van der Waals surface area contributed by atoms with Crippen LogP contribution in [0.3, 0.4) is 0 Å². The van der Waals surface area contributed by atoms with E-state index in [4.69, 9.17) is 27.9 Å². The first-order chi connectivity index (χ1) is 12.0. The predicted octanol–water partition coefficient (Wildman–Crippen LogP) is 4.60. The summed E-state index contributed by atoms with van der Waals surface area (Å²) >= 11 is 13.1. The number of methoxy groups -OCH3 is 1. The van der Waals surface area contributed by atoms with Crippen LogP contribution in [-0.4, -0.2) is 23.3 Å². The Kier molecular flexibility index (Phi) is 5.22. The first-order valence-electron chi connectivity index (χ1n) is 7.08. The van der Waals surface area contributed by atoms with Crippen molar-refractivity contribution in [1.29, 1.82) is 0 Å². The van der Waals surface area contributed by atoms with E-state index in [-0.39, 0.29) is 17.4 Å². The minimum absolute atomic E-state index is 0.0898. The first-order valence-corrected chi connectivity index (χ1v) is 8.65. The summed E-state index contributed by atoms with van der Waals surface area (Å²) in [5.41, 5.74) is 1.01. The fourth-order valence-corrected chi connectivity index (χ4v) is 3.38. The topological polar surface area (TPSA) is 70.9 Å². The van der Waals surface area contributed by atoms with E-state index in [2.05, 4.69) is 10.3 Å². The van der Waals surface area contributed by atoms with Crippen molar-refractivity contribution < 1.29 is 14.6 Å². The number of nitrogens with one attached hydrogen (secondary N) is 1. The molecule has 2 aromatic rings. The van der Waals surface area contributed by atoms with E-state index in [0.29, 0.717) is 31.4 Å². The molecule has 2 aromatic carbocycles. The van der Waals surface area contributed by atoms with E-state index in [1.165, 1.54) is 19.3 Å². The lowest BCUT2D eigenvalue weighted by atomic mass is 10.1. The van der Waals surface area contributed by atoms with Crippen LogP contribution in [0.15, 0.2) is 46.3 Å². The summed E-state index contributed by atoms with van der Waals surface area (Å²) in [5.74, 6) is -0.173. The number of carbonyl (C=O) groups is 1. The van der Waals surface area contributed by atoms with Crippen LogP contribution in [0.4, 0.5) is 5.69 Å². The number of benzene rings is 2. The van der Waals surface area contributed by atoms with E-state index in [1.54, 1.807) is 30.3 Å². The Hall–Kier alpha value is -2.15. The van der Waals surface area contributed by atoms with Gasteiger partial charge in [-0.15, -0.1) is 0 Å². The Labute approximate surface area is 158 Å². The number of amides is 1. The van der Waals surface area contributed by atoms with E-state index in [1.807, 2.05) is 0 Å². The van der Waals surface area contributed by atoms with Crippen LogP contribution in [0.25, 0.3) is 6.08 Å². The first kappa shape index (κ1) is 17.7. The minimum Gasteiger partial charge on any atom is -0.504 e. The van der Waals surface area contributed by atoms with E-state index in [9.17, 15) is 9.90 Å². The molecule has 1 heterocycles. The molecule has 0 atom stereocenters. The van der Waals surface area contributed by atoms with Gasteiger partial charge < -0.3 is 15.2 Å². The molecule has 0 aliphatic carbocycles. The molecule has 0 unspecified atom stereocenters. The average Bonchev–Trinajstić information content (AvgIpc) is 2.90. The lowest BCUT2D eigenvalue weighted by Gasteiger charge is -2.07. The fourth-order valence-electron chi connectivity index (χ4n) is 2.14. The molecule has 0 spiro atoms. The molecular weight excluding hydrogens is 383 g/mol. The minimum atomic E-state index is -0.316. The average molecular weight is 395 g/mol. The van der Waals surface area contributed by atoms with Crippen molar-refractivity contribution in [3.8, 4) is 11.5 Å². The van der Waals surface area contributed by atoms with E-state index >= 15 is 0 Å². The summed E-state index contributed by atoms with van der Waals surface area (Å²) in [4.78, 5) is 16.9. The van der Waals surface area contributed by atoms with Gasteiger partial charge in [0.25, 0.3) is 5.91 Å². The molecule has 1 saturated heterocycles. The van der Waals surface area contributed by atoms with Crippen LogP contribution in [0.5, 0.6) is 11.5 Å². The second kappa shape index (κ2) is 7.39. The van der Waals surface area contributed by atoms with Crippen molar-refractivity contribution in [3.63, 3.8) is 0 Å². The number of hydrogen-bond donors (Lipinski definition) is 2. The molecular formula is C17H12Cl2N2O3S. The largest absolute Gasteiger partial charge is 0.504 e. The molecule has 25 heavy (non-hydrogen) atoms. The number of halogens is 2. The number of phenolic OH excluding ortho intramolecular Hbond substituents is 1. The third-order valence-electron chi connectivity index (χ3n) is 3.27. The molecule has 1 amide bonds. The molecule has 0 aromatic heterocycles. The Balaban J connectivity index is 1.91. The molecule has 1 fully saturated rings. The third kappa shape index (κ3) is 4.10. The molecule has 8 heteroatoms. The highest BCUT2D eigenvalue weighted by atomic mass is 35.5. The summed E-state index contributed by atoms with van der Waals surface area (Å²) < 4.78 is 5.06. The highest BCUT2D eigenvalue weighted by Gasteiger charge is 2.24. The van der Waals surface area contributed by atoms with Crippen molar-refractivity contribution in [2.75, 3.05) is 7.11 Å². The number of amidine groups is 1. The zero-order valence-corrected chi connectivity index (χ0v) is 15.2. The number of rotatable bonds is 3. The lowest BCUT2D eigenvalue weighted by Crippen LogP contribution is -2.19. The number of hydrogen-bond acceptors (Lipinski definition) is 5. The van der Waals surface area contributed by atoms with Crippen molar-refractivity contribution in [2.45, 2.75) is 0 Å². The molecule has 2 N–H and O–H groups in total. The summed E-state index contributed by atoms with van der Waals surface area (Å²) in [6.07, 6.45) is 1.53. The van der Waals surface area contributed by atoms with Crippen molar-refractivity contribution in [1.82, 2.24) is 5.32 Å². The Morgan fingerprint density at radius 1 is 1.24 bits per heavy atom. The van der Waals surface area contributed by atoms with Gasteiger partial charge in [0.15, 0.2) is 16.7 Å². The van der Waals surface area contributed by atoms with Gasteiger partial charge in [0.05, 0.1) is 17.7 Å². The van der Waals surface area contributed by atoms with E-state index < -0.39 is 0 Å². The molecule has 0 saturated carbocycles. The number of aromatic hydroxyl groups is 1. The smallest absolute Gasteiger partial charge is 0.264 e. The van der Waals surface area contributed by atoms with Crippen LogP contribution in [0.2, 0.25) is 10.0 Å². The van der Waals surface area contributed by atoms with Crippen LogP contribution >= 0.6 is 35.0 Å². The van der Waals surface area contributed by atoms with Crippen LogP contribution < -0.4 is 10.1 Å². The van der Waals surface area contributed by atoms with Crippen LogP contribution in [-0.2, 0) is 4.79 Å². The normalized spacial score (nSPS) is 17.2. The molecule has 0 radical (unpaired) electrons. The number of aliphatic imine (C=N–C) groups is 1. The standard InChI is InChI=1S/C17H12Cl2N2O3S/c1-24-13-8-11(19)5-9(15(13)22)6-14-16(23)21-17(25-14)20-12-4-2-3-10(18)7-12/h2-8,22H,1H3,(H,20,21,23)/b14-6-. The van der Waals surface area contributed by atoms with Gasteiger partial charge in [-0.2, -0.15) is 0 Å². The second-order valence-electron chi connectivity index (χ2n) is 5.01. The Morgan fingerprint density at radius 3 is 2.76 bits per heavy atom. The highest BCUT2D eigenvalue weighted by Crippen LogP contribution is 2.37. The van der Waals surface area contributed by atoms with Crippen molar-refractivity contribution >= 4 is 57.8 Å². The quantitative estimate of drug-likeness (QED) is 0.746. The zero-order valence-electron chi connectivity index (χ0n) is 12.9. The van der Waals surface area contributed by atoms with Crippen LogP contribution in [0.1, 0.15) is 5.56 Å². The zero-order chi connectivity index (χ0) is 18.0. The van der Waals surface area contributed by atoms with Gasteiger partial charge in [0.1, 0.15) is 0 Å². The van der Waals surface area contributed by atoms with Gasteiger partial charge in [-0.3, -0.25) is 4.79 Å². The maximum atomic E-state index is 12.1. The van der Waals surface area contributed by atoms with Gasteiger partial charge >= 0.3 is 0 Å². The predicted molar refractivity (Wildman–Crippen MR) is 102 cm³/mol. The van der Waals surface area contributed by atoms with Gasteiger partial charge in [-0.1, -0.05) is 29.3 Å². The van der Waals surface area contributed by atoms with Crippen LogP contribution in [0, 0.1) is 0 Å². The molecule has 128 valence electrons. The molecule has 3 rings (SSSR count). The number of ether oxygens (including phenoxy) is 1. The number of thioether (sulfide) groups is 1. The van der Waals surface area contributed by atoms with Gasteiger partial charge in [0.2, 0.25) is 0 Å². The Bertz CT molecular complexity index is 913. The van der Waals surface area contributed by atoms with Gasteiger partial charge in [-0.05, 0) is 42.1 Å². The number of carbonyl (C=O) groups excluding carboxylic acids is 1. The Morgan fingerprint density at radius 2 is 2.04 bits per heavy atom. The van der Waals surface area contributed by atoms with Crippen molar-refractivity contribution in [3.05, 3.63) is 56.9 Å². The van der Waals surface area contributed by atoms with Gasteiger partial charge in [0, 0.05) is 21.7 Å². The molecule has 1 aliphatic heterocycles. The van der Waals surface area contributed by atoms with Gasteiger partial charge in [-0.25, -0.2) is 4.99 Å². The molecule has 5 nitrogen and oxygen atoms in total. The monoisotopic (exact) mass is 394 g/mol. The number of nitrogens with zero attached hydrogens (tertiary/aromatic N) is 1.